The van der Waals surface area contributed by atoms with Crippen molar-refractivity contribution >= 4 is 40.3 Å². The van der Waals surface area contributed by atoms with Gasteiger partial charge in [-0.25, -0.2) is 4.79 Å². The van der Waals surface area contributed by atoms with Gasteiger partial charge in [0, 0.05) is 30.7 Å². The number of halogens is 2. The van der Waals surface area contributed by atoms with Crippen LogP contribution in [0.15, 0.2) is 46.0 Å². The lowest BCUT2D eigenvalue weighted by atomic mass is 10.1. The molecule has 0 aliphatic heterocycles. The lowest BCUT2D eigenvalue weighted by Crippen LogP contribution is -2.37. The Morgan fingerprint density at radius 1 is 1.00 bits per heavy atom. The highest BCUT2D eigenvalue weighted by Gasteiger charge is 2.20. The van der Waals surface area contributed by atoms with Gasteiger partial charge in [-0.15, -0.1) is 0 Å². The Labute approximate surface area is 198 Å². The summed E-state index contributed by atoms with van der Waals surface area (Å²) < 4.78 is 4.04. The van der Waals surface area contributed by atoms with E-state index in [0.717, 1.165) is 15.7 Å². The molecule has 2 aromatic carbocycles. The second-order valence-electron chi connectivity index (χ2n) is 7.64. The van der Waals surface area contributed by atoms with Crippen molar-refractivity contribution in [2.45, 2.75) is 13.0 Å². The number of fused-ring (bicyclic) bond motifs is 1. The average Bonchev–Trinajstić information content (AvgIpc) is 3.13. The summed E-state index contributed by atoms with van der Waals surface area (Å²) in [6.07, 6.45) is 0.510. The first-order valence-electron chi connectivity index (χ1n) is 10.0. The van der Waals surface area contributed by atoms with Gasteiger partial charge in [-0.1, -0.05) is 35.3 Å². The molecule has 2 heterocycles. The fourth-order valence-electron chi connectivity index (χ4n) is 3.60. The average molecular weight is 490 g/mol. The summed E-state index contributed by atoms with van der Waals surface area (Å²) in [6, 6.07) is 9.70. The van der Waals surface area contributed by atoms with Crippen LogP contribution in [-0.4, -0.2) is 35.4 Å². The Morgan fingerprint density at radius 3 is 2.45 bits per heavy atom. The van der Waals surface area contributed by atoms with Crippen molar-refractivity contribution in [1.82, 2.24) is 18.7 Å². The quantitative estimate of drug-likeness (QED) is 0.358. The molecule has 0 unspecified atom stereocenters. The van der Waals surface area contributed by atoms with E-state index in [1.807, 2.05) is 0 Å². The lowest BCUT2D eigenvalue weighted by Gasteiger charge is -2.12. The number of rotatable bonds is 6. The maximum absolute atomic E-state index is 13.0. The normalized spacial score (nSPS) is 11.3. The zero-order valence-electron chi connectivity index (χ0n) is 17.8. The highest BCUT2D eigenvalue weighted by Crippen LogP contribution is 2.26. The number of aromatic hydroxyl groups is 2. The van der Waals surface area contributed by atoms with Crippen LogP contribution < -0.4 is 16.6 Å². The van der Waals surface area contributed by atoms with Crippen molar-refractivity contribution in [1.29, 1.82) is 0 Å². The van der Waals surface area contributed by atoms with E-state index < -0.39 is 11.2 Å². The molecule has 0 saturated heterocycles. The van der Waals surface area contributed by atoms with Gasteiger partial charge in [0.2, 0.25) is 5.95 Å². The summed E-state index contributed by atoms with van der Waals surface area (Å²) in [4.78, 5) is 29.9. The second-order valence-corrected chi connectivity index (χ2v) is 8.48. The van der Waals surface area contributed by atoms with Gasteiger partial charge < -0.3 is 15.5 Å². The molecule has 0 aliphatic carbocycles. The first-order valence-corrected chi connectivity index (χ1v) is 10.8. The Kier molecular flexibility index (Phi) is 6.09. The Morgan fingerprint density at radius 2 is 1.76 bits per heavy atom. The number of phenolic OH excluding ortho intramolecular Hbond substituents is 2. The largest absolute Gasteiger partial charge is 0.504 e. The molecule has 2 aromatic heterocycles. The molecule has 33 heavy (non-hydrogen) atoms. The van der Waals surface area contributed by atoms with Crippen LogP contribution in [0.1, 0.15) is 11.1 Å². The molecule has 0 spiro atoms. The Bertz CT molecular complexity index is 1490. The van der Waals surface area contributed by atoms with Gasteiger partial charge in [0.15, 0.2) is 22.7 Å². The van der Waals surface area contributed by atoms with Crippen LogP contribution in [0.2, 0.25) is 10.0 Å². The fourth-order valence-corrected chi connectivity index (χ4v) is 4.07. The first kappa shape index (κ1) is 22.8. The molecule has 0 atom stereocenters. The molecule has 0 saturated carbocycles. The summed E-state index contributed by atoms with van der Waals surface area (Å²) in [7, 11) is 2.97. The Balaban J connectivity index is 1.75. The van der Waals surface area contributed by atoms with Gasteiger partial charge in [0.1, 0.15) is 0 Å². The number of aromatic nitrogens is 4. The molecule has 172 valence electrons. The van der Waals surface area contributed by atoms with Crippen LogP contribution in [0.4, 0.5) is 5.95 Å². The zero-order chi connectivity index (χ0) is 23.9. The van der Waals surface area contributed by atoms with Gasteiger partial charge in [0.25, 0.3) is 5.56 Å². The number of nitrogens with one attached hydrogen (secondary N) is 1. The van der Waals surface area contributed by atoms with Gasteiger partial charge in [-0.2, -0.15) is 4.98 Å². The van der Waals surface area contributed by atoms with Crippen LogP contribution in [0.3, 0.4) is 0 Å². The summed E-state index contributed by atoms with van der Waals surface area (Å²) in [6.45, 7) is 0.637. The van der Waals surface area contributed by atoms with Crippen molar-refractivity contribution in [3.05, 3.63) is 78.4 Å². The third-order valence-corrected chi connectivity index (χ3v) is 6.02. The number of aryl methyl sites for hydroxylation is 1. The van der Waals surface area contributed by atoms with Crippen LogP contribution in [0.25, 0.3) is 11.2 Å². The van der Waals surface area contributed by atoms with E-state index in [0.29, 0.717) is 29.0 Å². The van der Waals surface area contributed by atoms with Crippen molar-refractivity contribution in [2.24, 2.45) is 14.1 Å². The smallest absolute Gasteiger partial charge is 0.332 e. The van der Waals surface area contributed by atoms with E-state index in [2.05, 4.69) is 10.3 Å². The van der Waals surface area contributed by atoms with Crippen LogP contribution in [-0.2, 0) is 27.1 Å². The highest BCUT2D eigenvalue weighted by molar-refractivity contribution is 6.35. The van der Waals surface area contributed by atoms with Gasteiger partial charge in [-0.3, -0.25) is 18.5 Å². The maximum Gasteiger partial charge on any atom is 0.332 e. The maximum atomic E-state index is 13.0. The minimum atomic E-state index is -0.479. The van der Waals surface area contributed by atoms with E-state index in [9.17, 15) is 19.8 Å². The molecular weight excluding hydrogens is 469 g/mol. The molecule has 0 bridgehead atoms. The molecule has 9 nitrogen and oxygen atoms in total. The van der Waals surface area contributed by atoms with E-state index in [-0.39, 0.29) is 29.2 Å². The zero-order valence-corrected chi connectivity index (χ0v) is 19.4. The van der Waals surface area contributed by atoms with Gasteiger partial charge >= 0.3 is 5.69 Å². The monoisotopic (exact) mass is 489 g/mol. The van der Waals surface area contributed by atoms with Crippen LogP contribution in [0, 0.1) is 0 Å². The van der Waals surface area contributed by atoms with Crippen molar-refractivity contribution < 1.29 is 10.2 Å². The third kappa shape index (κ3) is 4.29. The minimum absolute atomic E-state index is 0.190. The van der Waals surface area contributed by atoms with Gasteiger partial charge in [-0.05, 0) is 41.8 Å². The predicted octanol–water partition coefficient (Wildman–Crippen LogP) is 2.85. The van der Waals surface area contributed by atoms with Crippen LogP contribution >= 0.6 is 23.2 Å². The first-order chi connectivity index (χ1) is 15.7. The minimum Gasteiger partial charge on any atom is -0.504 e. The van der Waals surface area contributed by atoms with Crippen LogP contribution in [0.5, 0.6) is 11.5 Å². The summed E-state index contributed by atoms with van der Waals surface area (Å²) in [5.74, 6) is -0.00182. The predicted molar refractivity (Wildman–Crippen MR) is 128 cm³/mol. The molecule has 0 fully saturated rings. The number of imidazole rings is 1. The number of phenols is 2. The number of hydrogen-bond donors (Lipinski definition) is 3. The molecule has 4 rings (SSSR count). The molecular formula is C22H21Cl2N5O4. The number of nitrogens with zero attached hydrogens (tertiary/aromatic N) is 4. The molecule has 0 radical (unpaired) electrons. The molecule has 11 heteroatoms. The summed E-state index contributed by atoms with van der Waals surface area (Å²) >= 11 is 12.4. The second kappa shape index (κ2) is 8.84. The lowest BCUT2D eigenvalue weighted by molar-refractivity contribution is 0.403. The van der Waals surface area contributed by atoms with Crippen molar-refractivity contribution in [3.63, 3.8) is 0 Å². The van der Waals surface area contributed by atoms with E-state index in [1.54, 1.807) is 35.9 Å². The molecule has 0 amide bonds. The topological polar surface area (TPSA) is 114 Å². The SMILES string of the molecule is Cn1c(=O)c2c(nc(NCCc3ccc(O)c(O)c3)n2Cc2ccc(Cl)cc2Cl)n(C)c1=O. The molecule has 4 aromatic rings. The van der Waals surface area contributed by atoms with E-state index in [1.165, 1.54) is 23.7 Å². The Hall–Kier alpha value is -3.43. The van der Waals surface area contributed by atoms with E-state index >= 15 is 0 Å². The van der Waals surface area contributed by atoms with Crippen molar-refractivity contribution in [3.8, 4) is 11.5 Å². The van der Waals surface area contributed by atoms with Gasteiger partial charge in [0.05, 0.1) is 6.54 Å². The standard InChI is InChI=1S/C22H21Cl2N5O4/c1-27-19-18(20(32)28(2)22(27)33)29(11-13-4-5-14(23)10-15(13)24)21(26-19)25-8-7-12-3-6-16(30)17(31)9-12/h3-6,9-10,30-31H,7-8,11H2,1-2H3,(H,25,26). The highest BCUT2D eigenvalue weighted by atomic mass is 35.5. The molecule has 0 aliphatic rings. The third-order valence-electron chi connectivity index (χ3n) is 5.43. The fraction of sp³-hybridized carbons (Fsp3) is 0.227. The summed E-state index contributed by atoms with van der Waals surface area (Å²) in [5.41, 5.74) is 1.08. The number of benzene rings is 2. The number of anilines is 1. The van der Waals surface area contributed by atoms with E-state index in [4.69, 9.17) is 23.2 Å². The van der Waals surface area contributed by atoms with Crippen molar-refractivity contribution in [2.75, 3.05) is 11.9 Å². The summed E-state index contributed by atoms with van der Waals surface area (Å²) in [5, 5.41) is 23.3. The number of hydrogen-bond acceptors (Lipinski definition) is 6. The molecule has 3 N–H and O–H groups in total.